The first-order chi connectivity index (χ1) is 14.8. The Balaban J connectivity index is 1.89. The number of para-hydroxylation sites is 2. The van der Waals surface area contributed by atoms with E-state index in [4.69, 9.17) is 0 Å². The van der Waals surface area contributed by atoms with E-state index < -0.39 is 15.8 Å². The van der Waals surface area contributed by atoms with Crippen molar-refractivity contribution in [3.63, 3.8) is 0 Å². The lowest BCUT2D eigenvalue weighted by Gasteiger charge is -2.14. The van der Waals surface area contributed by atoms with E-state index in [-0.39, 0.29) is 17.1 Å². The number of sulfone groups is 1. The summed E-state index contributed by atoms with van der Waals surface area (Å²) in [6.45, 7) is 3.54. The number of rotatable bonds is 6. The molecule has 1 N–H and O–H groups in total. The number of imidazole rings is 1. The summed E-state index contributed by atoms with van der Waals surface area (Å²) < 4.78 is 26.5. The van der Waals surface area contributed by atoms with E-state index in [1.165, 1.54) is 0 Å². The van der Waals surface area contributed by atoms with Gasteiger partial charge in [-0.2, -0.15) is 0 Å². The molecule has 3 aromatic carbocycles. The molecule has 0 saturated heterocycles. The van der Waals surface area contributed by atoms with Crippen LogP contribution in [-0.2, 0) is 15.6 Å². The van der Waals surface area contributed by atoms with Crippen LogP contribution in [0, 0.1) is 6.92 Å². The molecule has 0 amide bonds. The van der Waals surface area contributed by atoms with Gasteiger partial charge in [0, 0.05) is 11.4 Å². The van der Waals surface area contributed by atoms with Crippen molar-refractivity contribution in [1.82, 2.24) is 9.55 Å². The highest BCUT2D eigenvalue weighted by molar-refractivity contribution is 7.90. The summed E-state index contributed by atoms with van der Waals surface area (Å²) in [5.74, 6) is -0.631. The SMILES string of the molecule is CCS(=O)(=O)Cc1nc2ccccc2n1-c1ccc(-c2ccccc2C(=O)O)c(C)c1. The number of carbonyl (C=O) groups is 1. The molecule has 7 heteroatoms. The fourth-order valence-corrected chi connectivity index (χ4v) is 4.54. The number of carboxylic acids is 1. The zero-order valence-corrected chi connectivity index (χ0v) is 18.1. The zero-order chi connectivity index (χ0) is 22.2. The Bertz CT molecular complexity index is 1400. The van der Waals surface area contributed by atoms with Gasteiger partial charge in [0.05, 0.1) is 16.6 Å². The summed E-state index contributed by atoms with van der Waals surface area (Å²) in [6, 6.07) is 20.1. The van der Waals surface area contributed by atoms with Crippen molar-refractivity contribution in [2.45, 2.75) is 19.6 Å². The maximum atomic E-state index is 12.3. The molecule has 0 atom stereocenters. The van der Waals surface area contributed by atoms with Crippen molar-refractivity contribution >= 4 is 26.8 Å². The topological polar surface area (TPSA) is 89.3 Å². The third kappa shape index (κ3) is 3.96. The third-order valence-corrected chi connectivity index (χ3v) is 6.91. The van der Waals surface area contributed by atoms with Crippen LogP contribution >= 0.6 is 0 Å². The minimum atomic E-state index is -3.28. The summed E-state index contributed by atoms with van der Waals surface area (Å²) in [7, 11) is -3.28. The number of hydrogen-bond donors (Lipinski definition) is 1. The molecule has 0 radical (unpaired) electrons. The van der Waals surface area contributed by atoms with Gasteiger partial charge in [-0.3, -0.25) is 4.57 Å². The number of benzene rings is 3. The minimum absolute atomic E-state index is 0.0418. The van der Waals surface area contributed by atoms with Crippen LogP contribution in [0.1, 0.15) is 28.7 Å². The van der Waals surface area contributed by atoms with Gasteiger partial charge in [0.25, 0.3) is 0 Å². The summed E-state index contributed by atoms with van der Waals surface area (Å²) in [6.07, 6.45) is 0. The highest BCUT2D eigenvalue weighted by Crippen LogP contribution is 2.30. The average Bonchev–Trinajstić information content (AvgIpc) is 3.10. The number of aryl methyl sites for hydroxylation is 1. The fraction of sp³-hybridized carbons (Fsp3) is 0.167. The number of carboxylic acid groups (broad SMARTS) is 1. The van der Waals surface area contributed by atoms with Gasteiger partial charge in [-0.15, -0.1) is 0 Å². The Morgan fingerprint density at radius 2 is 1.71 bits per heavy atom. The van der Waals surface area contributed by atoms with E-state index in [0.717, 1.165) is 27.8 Å². The maximum absolute atomic E-state index is 12.3. The Morgan fingerprint density at radius 3 is 2.42 bits per heavy atom. The molecule has 1 heterocycles. The van der Waals surface area contributed by atoms with Crippen LogP contribution < -0.4 is 0 Å². The molecule has 0 spiro atoms. The molecule has 0 fully saturated rings. The number of aromatic carboxylic acids is 1. The second-order valence-corrected chi connectivity index (χ2v) is 9.73. The molecule has 158 valence electrons. The van der Waals surface area contributed by atoms with E-state index in [1.807, 2.05) is 60.0 Å². The van der Waals surface area contributed by atoms with Crippen LogP contribution in [0.3, 0.4) is 0 Å². The lowest BCUT2D eigenvalue weighted by molar-refractivity contribution is 0.0697. The highest BCUT2D eigenvalue weighted by Gasteiger charge is 2.19. The Morgan fingerprint density at radius 1 is 1.00 bits per heavy atom. The molecule has 31 heavy (non-hydrogen) atoms. The standard InChI is InChI=1S/C24H22N2O4S/c1-3-31(29,30)15-23-25-21-10-6-7-11-22(21)26(23)17-12-13-18(16(2)14-17)19-8-4-5-9-20(19)24(27)28/h4-14H,3,15H2,1-2H3,(H,27,28). The van der Waals surface area contributed by atoms with E-state index >= 15 is 0 Å². The van der Waals surface area contributed by atoms with Gasteiger partial charge in [0.15, 0.2) is 9.84 Å². The number of fused-ring (bicyclic) bond motifs is 1. The van der Waals surface area contributed by atoms with E-state index in [2.05, 4.69) is 4.98 Å². The van der Waals surface area contributed by atoms with Gasteiger partial charge in [-0.25, -0.2) is 18.2 Å². The van der Waals surface area contributed by atoms with Crippen LogP contribution in [0.5, 0.6) is 0 Å². The Labute approximate surface area is 180 Å². The Hall–Kier alpha value is -3.45. The first kappa shape index (κ1) is 20.8. The monoisotopic (exact) mass is 434 g/mol. The van der Waals surface area contributed by atoms with Gasteiger partial charge in [0.1, 0.15) is 11.6 Å². The number of nitrogens with zero attached hydrogens (tertiary/aromatic N) is 2. The molecule has 0 unspecified atom stereocenters. The average molecular weight is 435 g/mol. The maximum Gasteiger partial charge on any atom is 0.336 e. The number of hydrogen-bond acceptors (Lipinski definition) is 4. The van der Waals surface area contributed by atoms with Gasteiger partial charge >= 0.3 is 5.97 Å². The van der Waals surface area contributed by atoms with Gasteiger partial charge in [-0.05, 0) is 53.9 Å². The molecule has 0 aliphatic carbocycles. The van der Waals surface area contributed by atoms with Gasteiger partial charge in [0.2, 0.25) is 0 Å². The second kappa shape index (κ2) is 8.00. The van der Waals surface area contributed by atoms with E-state index in [9.17, 15) is 18.3 Å². The van der Waals surface area contributed by atoms with Crippen LogP contribution in [0.15, 0.2) is 66.7 Å². The van der Waals surface area contributed by atoms with Crippen LogP contribution in [-0.4, -0.2) is 34.8 Å². The molecule has 0 bridgehead atoms. The molecule has 0 aliphatic heterocycles. The summed E-state index contributed by atoms with van der Waals surface area (Å²) >= 11 is 0. The lowest BCUT2D eigenvalue weighted by atomic mass is 9.95. The molecule has 0 aliphatic rings. The Kier molecular flexibility index (Phi) is 5.37. The van der Waals surface area contributed by atoms with Crippen LogP contribution in [0.2, 0.25) is 0 Å². The summed E-state index contributed by atoms with van der Waals surface area (Å²) in [5, 5.41) is 9.54. The third-order valence-electron chi connectivity index (χ3n) is 5.33. The first-order valence-corrected chi connectivity index (χ1v) is 11.7. The van der Waals surface area contributed by atoms with Crippen molar-refractivity contribution in [3.05, 3.63) is 83.7 Å². The number of aromatic nitrogens is 2. The molecule has 4 rings (SSSR count). The molecule has 1 aromatic heterocycles. The fourth-order valence-electron chi connectivity index (χ4n) is 3.75. The predicted molar refractivity (Wildman–Crippen MR) is 121 cm³/mol. The molecular weight excluding hydrogens is 412 g/mol. The molecule has 0 saturated carbocycles. The van der Waals surface area contributed by atoms with Crippen LogP contribution in [0.4, 0.5) is 0 Å². The summed E-state index contributed by atoms with van der Waals surface area (Å²) in [5.41, 5.74) is 4.90. The smallest absolute Gasteiger partial charge is 0.336 e. The van der Waals surface area contributed by atoms with Crippen molar-refractivity contribution in [1.29, 1.82) is 0 Å². The molecule has 4 aromatic rings. The van der Waals surface area contributed by atoms with Crippen molar-refractivity contribution in [3.8, 4) is 16.8 Å². The zero-order valence-electron chi connectivity index (χ0n) is 17.2. The highest BCUT2D eigenvalue weighted by atomic mass is 32.2. The second-order valence-electron chi connectivity index (χ2n) is 7.38. The van der Waals surface area contributed by atoms with Crippen molar-refractivity contribution in [2.75, 3.05) is 5.75 Å². The van der Waals surface area contributed by atoms with Gasteiger partial charge in [-0.1, -0.05) is 43.3 Å². The normalized spacial score (nSPS) is 11.7. The molecular formula is C24H22N2O4S. The van der Waals surface area contributed by atoms with Crippen molar-refractivity contribution < 1.29 is 18.3 Å². The van der Waals surface area contributed by atoms with E-state index in [0.29, 0.717) is 11.4 Å². The lowest BCUT2D eigenvalue weighted by Crippen LogP contribution is -2.11. The quantitative estimate of drug-likeness (QED) is 0.478. The van der Waals surface area contributed by atoms with Gasteiger partial charge < -0.3 is 5.11 Å². The summed E-state index contributed by atoms with van der Waals surface area (Å²) in [4.78, 5) is 16.2. The molecule has 6 nitrogen and oxygen atoms in total. The minimum Gasteiger partial charge on any atom is -0.478 e. The van der Waals surface area contributed by atoms with Crippen LogP contribution in [0.25, 0.3) is 27.8 Å². The first-order valence-electron chi connectivity index (χ1n) is 9.91. The largest absolute Gasteiger partial charge is 0.478 e. The van der Waals surface area contributed by atoms with Crippen molar-refractivity contribution in [2.24, 2.45) is 0 Å². The predicted octanol–water partition coefficient (Wildman–Crippen LogP) is 4.63. The van der Waals surface area contributed by atoms with E-state index in [1.54, 1.807) is 25.1 Å².